The van der Waals surface area contributed by atoms with Crippen molar-refractivity contribution in [2.75, 3.05) is 6.61 Å². The van der Waals surface area contributed by atoms with Crippen molar-refractivity contribution in [2.45, 2.75) is 69.9 Å². The third-order valence-electron chi connectivity index (χ3n) is 3.74. The Morgan fingerprint density at radius 3 is 2.93 bits per heavy atom. The van der Waals surface area contributed by atoms with Crippen molar-refractivity contribution >= 4 is 0 Å². The summed E-state index contributed by atoms with van der Waals surface area (Å²) in [5.41, 5.74) is -0.169. The summed E-state index contributed by atoms with van der Waals surface area (Å²) >= 11 is 0. The highest BCUT2D eigenvalue weighted by molar-refractivity contribution is 4.96. The normalized spacial score (nSPS) is 44.6. The number of rotatable bonds is 4. The summed E-state index contributed by atoms with van der Waals surface area (Å²) < 4.78 is 11.5. The van der Waals surface area contributed by atoms with E-state index in [0.29, 0.717) is 6.61 Å². The summed E-state index contributed by atoms with van der Waals surface area (Å²) in [6.07, 6.45) is 6.45. The molecule has 0 amide bonds. The van der Waals surface area contributed by atoms with E-state index in [0.717, 1.165) is 19.3 Å². The minimum absolute atomic E-state index is 0.0908. The summed E-state index contributed by atoms with van der Waals surface area (Å²) in [5.74, 6) is -0.977. The largest absolute Gasteiger partial charge is 0.367 e. The maximum Gasteiger partial charge on any atom is 0.189 e. The summed E-state index contributed by atoms with van der Waals surface area (Å²) in [7, 11) is 0. The molecule has 0 aliphatic carbocycles. The maximum atomic E-state index is 9.88. The third kappa shape index (κ3) is 2.19. The quantitative estimate of drug-likeness (QED) is 0.729. The van der Waals surface area contributed by atoms with Gasteiger partial charge in [0.15, 0.2) is 5.79 Å². The summed E-state index contributed by atoms with van der Waals surface area (Å²) in [6, 6.07) is 0. The lowest BCUT2D eigenvalue weighted by Gasteiger charge is -2.42. The molecule has 0 saturated carbocycles. The Labute approximate surface area is 91.8 Å². The van der Waals surface area contributed by atoms with E-state index in [-0.39, 0.29) is 11.7 Å². The van der Waals surface area contributed by atoms with E-state index in [4.69, 9.17) is 9.47 Å². The van der Waals surface area contributed by atoms with E-state index in [2.05, 4.69) is 13.8 Å². The number of ether oxygens (including phenoxy) is 2. The standard InChI is InChI=1S/C12H22O3/c1-3-4-5-7-11(2)10-6-8-12(13,15-10)9-14-11/h10,13H,3-9H2,1-2H3. The van der Waals surface area contributed by atoms with Crippen molar-refractivity contribution < 1.29 is 14.6 Å². The van der Waals surface area contributed by atoms with Gasteiger partial charge >= 0.3 is 0 Å². The lowest BCUT2D eigenvalue weighted by atomic mass is 9.90. The smallest absolute Gasteiger partial charge is 0.189 e. The predicted molar refractivity (Wildman–Crippen MR) is 57.6 cm³/mol. The summed E-state index contributed by atoms with van der Waals surface area (Å²) in [6.45, 7) is 4.67. The Morgan fingerprint density at radius 1 is 1.40 bits per heavy atom. The average molecular weight is 214 g/mol. The van der Waals surface area contributed by atoms with Crippen LogP contribution in [0.5, 0.6) is 0 Å². The topological polar surface area (TPSA) is 38.7 Å². The highest BCUT2D eigenvalue weighted by atomic mass is 16.7. The zero-order valence-electron chi connectivity index (χ0n) is 9.79. The molecule has 2 heterocycles. The van der Waals surface area contributed by atoms with Gasteiger partial charge in [0.2, 0.25) is 0 Å². The van der Waals surface area contributed by atoms with Gasteiger partial charge in [0, 0.05) is 6.42 Å². The fourth-order valence-corrected chi connectivity index (χ4v) is 2.61. The van der Waals surface area contributed by atoms with E-state index < -0.39 is 5.79 Å². The number of hydrogen-bond acceptors (Lipinski definition) is 3. The van der Waals surface area contributed by atoms with Gasteiger partial charge in [-0.2, -0.15) is 0 Å². The van der Waals surface area contributed by atoms with E-state index >= 15 is 0 Å². The fourth-order valence-electron chi connectivity index (χ4n) is 2.61. The number of hydrogen-bond donors (Lipinski definition) is 1. The minimum atomic E-state index is -0.977. The van der Waals surface area contributed by atoms with Gasteiger partial charge in [-0.25, -0.2) is 0 Å². The first kappa shape index (κ1) is 11.4. The third-order valence-corrected chi connectivity index (χ3v) is 3.74. The molecule has 2 bridgehead atoms. The van der Waals surface area contributed by atoms with Crippen LogP contribution in [0.4, 0.5) is 0 Å². The first-order valence-electron chi connectivity index (χ1n) is 6.12. The molecule has 3 unspecified atom stereocenters. The molecule has 2 aliphatic heterocycles. The molecule has 0 aromatic carbocycles. The zero-order chi connectivity index (χ0) is 10.9. The number of aliphatic hydroxyl groups is 1. The zero-order valence-corrected chi connectivity index (χ0v) is 9.79. The summed E-state index contributed by atoms with van der Waals surface area (Å²) in [4.78, 5) is 0. The highest BCUT2D eigenvalue weighted by Crippen LogP contribution is 2.43. The first-order valence-corrected chi connectivity index (χ1v) is 6.12. The number of unbranched alkanes of at least 4 members (excludes halogenated alkanes) is 2. The van der Waals surface area contributed by atoms with Crippen molar-refractivity contribution in [3.63, 3.8) is 0 Å². The van der Waals surface area contributed by atoms with E-state index in [9.17, 15) is 5.11 Å². The molecule has 2 saturated heterocycles. The van der Waals surface area contributed by atoms with Crippen LogP contribution >= 0.6 is 0 Å². The maximum absolute atomic E-state index is 9.88. The molecule has 3 heteroatoms. The Balaban J connectivity index is 1.92. The molecule has 15 heavy (non-hydrogen) atoms. The second-order valence-corrected chi connectivity index (χ2v) is 5.15. The molecular formula is C12H22O3. The Kier molecular flexibility index (Phi) is 3.06. The van der Waals surface area contributed by atoms with Gasteiger partial charge in [0.25, 0.3) is 0 Å². The van der Waals surface area contributed by atoms with Gasteiger partial charge in [-0.3, -0.25) is 0 Å². The second kappa shape index (κ2) is 4.04. The highest BCUT2D eigenvalue weighted by Gasteiger charge is 2.52. The van der Waals surface area contributed by atoms with Crippen molar-refractivity contribution in [1.29, 1.82) is 0 Å². The van der Waals surface area contributed by atoms with Crippen LogP contribution in [0.2, 0.25) is 0 Å². The molecule has 0 spiro atoms. The van der Waals surface area contributed by atoms with Crippen LogP contribution < -0.4 is 0 Å². The van der Waals surface area contributed by atoms with Crippen molar-refractivity contribution in [1.82, 2.24) is 0 Å². The molecule has 3 atom stereocenters. The number of fused-ring (bicyclic) bond motifs is 2. The van der Waals surface area contributed by atoms with Gasteiger partial charge in [0.1, 0.15) is 6.61 Å². The lowest BCUT2D eigenvalue weighted by molar-refractivity contribution is -0.311. The van der Waals surface area contributed by atoms with Gasteiger partial charge in [-0.15, -0.1) is 0 Å². The van der Waals surface area contributed by atoms with E-state index in [1.54, 1.807) is 0 Å². The molecule has 3 nitrogen and oxygen atoms in total. The Morgan fingerprint density at radius 2 is 2.20 bits per heavy atom. The van der Waals surface area contributed by atoms with Gasteiger partial charge in [-0.05, 0) is 19.8 Å². The van der Waals surface area contributed by atoms with Crippen LogP contribution in [-0.2, 0) is 9.47 Å². The fraction of sp³-hybridized carbons (Fsp3) is 1.00. The van der Waals surface area contributed by atoms with Gasteiger partial charge in [0.05, 0.1) is 11.7 Å². The molecule has 88 valence electrons. The Bertz CT molecular complexity index is 231. The average Bonchev–Trinajstić information content (AvgIpc) is 2.55. The Hall–Kier alpha value is -0.120. The van der Waals surface area contributed by atoms with Crippen LogP contribution in [0.25, 0.3) is 0 Å². The van der Waals surface area contributed by atoms with Crippen LogP contribution in [0.3, 0.4) is 0 Å². The summed E-state index contributed by atoms with van der Waals surface area (Å²) in [5, 5.41) is 9.88. The van der Waals surface area contributed by atoms with Crippen molar-refractivity contribution in [3.8, 4) is 0 Å². The molecular weight excluding hydrogens is 192 g/mol. The van der Waals surface area contributed by atoms with Crippen LogP contribution in [0.1, 0.15) is 52.4 Å². The second-order valence-electron chi connectivity index (χ2n) is 5.15. The molecule has 2 aliphatic rings. The molecule has 0 radical (unpaired) electrons. The van der Waals surface area contributed by atoms with Crippen LogP contribution in [0, 0.1) is 0 Å². The van der Waals surface area contributed by atoms with Gasteiger partial charge < -0.3 is 14.6 Å². The van der Waals surface area contributed by atoms with E-state index in [1.807, 2.05) is 0 Å². The SMILES string of the molecule is CCCCCC1(C)OCC2(O)CCC1O2. The molecule has 0 aromatic rings. The first-order chi connectivity index (χ1) is 7.08. The van der Waals surface area contributed by atoms with Crippen LogP contribution in [0.15, 0.2) is 0 Å². The molecule has 0 aromatic heterocycles. The van der Waals surface area contributed by atoms with Crippen molar-refractivity contribution in [3.05, 3.63) is 0 Å². The van der Waals surface area contributed by atoms with Crippen molar-refractivity contribution in [2.24, 2.45) is 0 Å². The lowest BCUT2D eigenvalue weighted by Crippen LogP contribution is -2.52. The predicted octanol–water partition coefficient (Wildman–Crippen LogP) is 2.22. The van der Waals surface area contributed by atoms with E-state index in [1.165, 1.54) is 19.3 Å². The molecule has 2 fully saturated rings. The minimum Gasteiger partial charge on any atom is -0.367 e. The monoisotopic (exact) mass is 214 g/mol. The van der Waals surface area contributed by atoms with Gasteiger partial charge in [-0.1, -0.05) is 26.2 Å². The van der Waals surface area contributed by atoms with Crippen LogP contribution in [-0.4, -0.2) is 29.2 Å². The molecule has 1 N–H and O–H groups in total. The molecule has 2 rings (SSSR count).